The predicted molar refractivity (Wildman–Crippen MR) is 97.8 cm³/mol. The molecule has 3 rings (SSSR count). The number of rotatable bonds is 4. The lowest BCUT2D eigenvalue weighted by molar-refractivity contribution is 0.491. The van der Waals surface area contributed by atoms with Gasteiger partial charge in [0.1, 0.15) is 4.91 Å². The Morgan fingerprint density at radius 2 is 1.38 bits per heavy atom. The predicted octanol–water partition coefficient (Wildman–Crippen LogP) is 4.77. The molecule has 1 aromatic carbocycles. The molecule has 0 fully saturated rings. The molecule has 2 aliphatic rings. The van der Waals surface area contributed by atoms with Gasteiger partial charge in [0.25, 0.3) is 10.1 Å². The third-order valence-corrected chi connectivity index (χ3v) is 5.48. The van der Waals surface area contributed by atoms with E-state index in [1.165, 1.54) is 0 Å². The molecular weight excluding hydrogens is 320 g/mol. The first-order chi connectivity index (χ1) is 11.2. The summed E-state index contributed by atoms with van der Waals surface area (Å²) in [5.41, 5.74) is 5.30. The van der Waals surface area contributed by atoms with Crippen LogP contribution in [0.5, 0.6) is 0 Å². The molecule has 0 amide bonds. The second-order valence-corrected chi connectivity index (χ2v) is 8.24. The lowest BCUT2D eigenvalue weighted by Gasteiger charge is -2.13. The number of benzene rings is 1. The molecular formula is C20H22O3S. The second-order valence-electron chi connectivity index (χ2n) is 6.88. The van der Waals surface area contributed by atoms with Crippen LogP contribution in [0.25, 0.3) is 5.57 Å². The summed E-state index contributed by atoms with van der Waals surface area (Å²) in [5, 5.41) is 0. The molecule has 4 heteroatoms. The highest BCUT2D eigenvalue weighted by Crippen LogP contribution is 2.50. The summed E-state index contributed by atoms with van der Waals surface area (Å²) in [5.74, 6) is 0.172. The summed E-state index contributed by atoms with van der Waals surface area (Å²) in [6, 6.07) is 9.95. The molecule has 0 radical (unpaired) electrons. The van der Waals surface area contributed by atoms with E-state index < -0.39 is 10.1 Å². The van der Waals surface area contributed by atoms with E-state index in [2.05, 4.69) is 6.08 Å². The summed E-state index contributed by atoms with van der Waals surface area (Å²) in [4.78, 5) is 0.0818. The maximum absolute atomic E-state index is 12.1. The van der Waals surface area contributed by atoms with E-state index in [0.29, 0.717) is 11.1 Å². The van der Waals surface area contributed by atoms with Crippen LogP contribution in [0, 0.1) is 11.8 Å². The van der Waals surface area contributed by atoms with Crippen LogP contribution in [0.2, 0.25) is 0 Å². The zero-order valence-corrected chi connectivity index (χ0v) is 15.2. The van der Waals surface area contributed by atoms with Crippen LogP contribution in [0.3, 0.4) is 0 Å². The van der Waals surface area contributed by atoms with Crippen LogP contribution < -0.4 is 0 Å². The minimum atomic E-state index is -4.29. The quantitative estimate of drug-likeness (QED) is 0.802. The van der Waals surface area contributed by atoms with Gasteiger partial charge < -0.3 is 0 Å². The summed E-state index contributed by atoms with van der Waals surface area (Å²) < 4.78 is 34.1. The number of allylic oxidation sites excluding steroid dienone is 7. The van der Waals surface area contributed by atoms with Gasteiger partial charge >= 0.3 is 0 Å². The second kappa shape index (κ2) is 5.87. The maximum Gasteiger partial charge on any atom is 0.295 e. The maximum atomic E-state index is 12.1. The highest BCUT2D eigenvalue weighted by Gasteiger charge is 2.38. The highest BCUT2D eigenvalue weighted by atomic mass is 32.2. The van der Waals surface area contributed by atoms with Gasteiger partial charge in [0.15, 0.2) is 0 Å². The first-order valence-electron chi connectivity index (χ1n) is 8.17. The van der Waals surface area contributed by atoms with Crippen LogP contribution >= 0.6 is 0 Å². The molecule has 0 unspecified atom stereocenters. The summed E-state index contributed by atoms with van der Waals surface area (Å²) in [6.07, 6.45) is 3.99. The van der Waals surface area contributed by atoms with Gasteiger partial charge in [0, 0.05) is 5.57 Å². The van der Waals surface area contributed by atoms with E-state index >= 15 is 0 Å². The summed E-state index contributed by atoms with van der Waals surface area (Å²) in [7, 11) is -4.29. The zero-order chi connectivity index (χ0) is 17.6. The smallest absolute Gasteiger partial charge is 0.282 e. The molecule has 0 aromatic heterocycles. The molecule has 0 saturated carbocycles. The molecule has 0 bridgehead atoms. The first kappa shape index (κ1) is 16.9. The van der Waals surface area contributed by atoms with Crippen molar-refractivity contribution in [2.24, 2.45) is 11.8 Å². The average Bonchev–Trinajstić information content (AvgIpc) is 3.03. The van der Waals surface area contributed by atoms with Crippen molar-refractivity contribution in [3.05, 3.63) is 75.2 Å². The third kappa shape index (κ3) is 2.70. The Balaban J connectivity index is 2.26. The minimum absolute atomic E-state index is 0.0120. The van der Waals surface area contributed by atoms with E-state index in [1.807, 2.05) is 64.1 Å². The molecule has 0 atom stereocenters. The Morgan fingerprint density at radius 1 is 0.833 bits per heavy atom. The topological polar surface area (TPSA) is 54.4 Å². The van der Waals surface area contributed by atoms with E-state index in [-0.39, 0.29) is 16.7 Å². The Morgan fingerprint density at radius 3 is 1.88 bits per heavy atom. The fourth-order valence-corrected chi connectivity index (χ4v) is 4.46. The molecule has 1 aromatic rings. The number of fused-ring (bicyclic) bond motifs is 1. The van der Waals surface area contributed by atoms with Crippen LogP contribution in [0.4, 0.5) is 0 Å². The minimum Gasteiger partial charge on any atom is -0.282 e. The standard InChI is InChI=1S/C20H22O3S/c1-12(2)15-10-17(14-8-6-5-7-9-14)18-11-16(13(3)4)20(19(15)18)24(21,22)23/h5-13H,1-4H3,(H,21,22,23). The van der Waals surface area contributed by atoms with E-state index in [4.69, 9.17) is 0 Å². The van der Waals surface area contributed by atoms with E-state index in [0.717, 1.165) is 22.3 Å². The highest BCUT2D eigenvalue weighted by molar-refractivity contribution is 7.90. The molecule has 1 N–H and O–H groups in total. The first-order valence-corrected chi connectivity index (χ1v) is 9.61. The van der Waals surface area contributed by atoms with Crippen molar-refractivity contribution in [1.29, 1.82) is 0 Å². The van der Waals surface area contributed by atoms with Gasteiger partial charge in [0.2, 0.25) is 0 Å². The fraction of sp³-hybridized carbons (Fsp3) is 0.300. The van der Waals surface area contributed by atoms with Crippen molar-refractivity contribution in [2.75, 3.05) is 0 Å². The lowest BCUT2D eigenvalue weighted by atomic mass is 9.98. The van der Waals surface area contributed by atoms with Crippen molar-refractivity contribution >= 4 is 15.7 Å². The Kier molecular flexibility index (Phi) is 4.14. The van der Waals surface area contributed by atoms with Gasteiger partial charge in [-0.2, -0.15) is 8.42 Å². The van der Waals surface area contributed by atoms with E-state index in [1.54, 1.807) is 0 Å². The van der Waals surface area contributed by atoms with Crippen LogP contribution in [0.1, 0.15) is 33.3 Å². The summed E-state index contributed by atoms with van der Waals surface area (Å²) >= 11 is 0. The van der Waals surface area contributed by atoms with Crippen LogP contribution in [-0.2, 0) is 10.1 Å². The largest absolute Gasteiger partial charge is 0.295 e. The van der Waals surface area contributed by atoms with Gasteiger partial charge in [0.05, 0.1) is 0 Å². The van der Waals surface area contributed by atoms with Crippen LogP contribution in [-0.4, -0.2) is 13.0 Å². The van der Waals surface area contributed by atoms with Gasteiger partial charge in [-0.05, 0) is 51.8 Å². The van der Waals surface area contributed by atoms with Gasteiger partial charge in [-0.25, -0.2) is 0 Å². The molecule has 0 aliphatic heterocycles. The zero-order valence-electron chi connectivity index (χ0n) is 14.4. The molecule has 2 aliphatic carbocycles. The average molecular weight is 342 g/mol. The molecule has 0 spiro atoms. The van der Waals surface area contributed by atoms with Crippen molar-refractivity contribution in [2.45, 2.75) is 27.7 Å². The molecule has 3 nitrogen and oxygen atoms in total. The van der Waals surface area contributed by atoms with Crippen molar-refractivity contribution < 1.29 is 13.0 Å². The van der Waals surface area contributed by atoms with Gasteiger partial charge in [-0.15, -0.1) is 0 Å². The molecule has 24 heavy (non-hydrogen) atoms. The van der Waals surface area contributed by atoms with Crippen molar-refractivity contribution in [3.63, 3.8) is 0 Å². The van der Waals surface area contributed by atoms with Crippen LogP contribution in [0.15, 0.2) is 69.7 Å². The van der Waals surface area contributed by atoms with Gasteiger partial charge in [-0.1, -0.05) is 58.0 Å². The van der Waals surface area contributed by atoms with E-state index in [9.17, 15) is 13.0 Å². The van der Waals surface area contributed by atoms with Gasteiger partial charge in [-0.3, -0.25) is 4.55 Å². The molecule has 0 saturated heterocycles. The Bertz CT molecular complexity index is 909. The Hall–Kier alpha value is -1.91. The third-order valence-electron chi connectivity index (χ3n) is 4.52. The molecule has 0 heterocycles. The normalized spacial score (nSPS) is 17.8. The summed E-state index contributed by atoms with van der Waals surface area (Å²) in [6.45, 7) is 7.97. The lowest BCUT2D eigenvalue weighted by Crippen LogP contribution is -2.09. The number of hydrogen-bond acceptors (Lipinski definition) is 2. The van der Waals surface area contributed by atoms with Crippen molar-refractivity contribution in [3.8, 4) is 0 Å². The Labute approximate surface area is 143 Å². The van der Waals surface area contributed by atoms with Crippen molar-refractivity contribution in [1.82, 2.24) is 0 Å². The SMILES string of the molecule is CC(C)C1=C2C(=CC(C(C)C)=C2S(=O)(=O)O)C(c2ccccc2)=C1. The molecule has 126 valence electrons. The number of hydrogen-bond donors (Lipinski definition) is 1. The fourth-order valence-electron chi connectivity index (χ4n) is 3.38. The monoisotopic (exact) mass is 342 g/mol.